The Morgan fingerprint density at radius 1 is 0.958 bits per heavy atom. The molecule has 0 unspecified atom stereocenters. The first-order valence-corrected chi connectivity index (χ1v) is 8.12. The third-order valence-corrected chi connectivity index (χ3v) is 4.34. The van der Waals surface area contributed by atoms with E-state index in [1.807, 2.05) is 0 Å². The average Bonchev–Trinajstić information content (AvgIpc) is 3.12. The number of nitrogens with two attached hydrogens (primary N) is 1. The Labute approximate surface area is 140 Å². The number of rotatable bonds is 4. The van der Waals surface area contributed by atoms with Gasteiger partial charge in [0, 0.05) is 11.4 Å². The number of amides is 2. The van der Waals surface area contributed by atoms with E-state index in [1.54, 1.807) is 36.4 Å². The molecule has 0 saturated heterocycles. The number of hydrogen-bond acceptors (Lipinski definition) is 4. The van der Waals surface area contributed by atoms with Crippen LogP contribution in [0.1, 0.15) is 42.7 Å². The third kappa shape index (κ3) is 3.65. The van der Waals surface area contributed by atoms with Crippen molar-refractivity contribution in [3.05, 3.63) is 48.4 Å². The molecule has 1 heterocycles. The molecule has 2 aromatic rings. The molecule has 1 aliphatic carbocycles. The van der Waals surface area contributed by atoms with Gasteiger partial charge in [0.2, 0.25) is 5.91 Å². The van der Waals surface area contributed by atoms with Crippen molar-refractivity contribution in [3.8, 4) is 0 Å². The fourth-order valence-electron chi connectivity index (χ4n) is 2.90. The molecule has 126 valence electrons. The highest BCUT2D eigenvalue weighted by Gasteiger charge is 2.35. The van der Waals surface area contributed by atoms with Crippen LogP contribution in [0, 0.1) is 0 Å². The summed E-state index contributed by atoms with van der Waals surface area (Å²) < 4.78 is 5.04. The van der Waals surface area contributed by atoms with Crippen LogP contribution in [0.15, 0.2) is 47.1 Å². The fourth-order valence-corrected chi connectivity index (χ4v) is 2.90. The minimum absolute atomic E-state index is 0.144. The Balaban J connectivity index is 1.60. The van der Waals surface area contributed by atoms with E-state index in [1.165, 1.54) is 6.26 Å². The minimum atomic E-state index is -0.773. The second kappa shape index (κ2) is 6.88. The molecule has 1 aromatic heterocycles. The van der Waals surface area contributed by atoms with Crippen molar-refractivity contribution in [1.82, 2.24) is 0 Å². The summed E-state index contributed by atoms with van der Waals surface area (Å²) in [5.74, 6) is -0.218. The first-order valence-electron chi connectivity index (χ1n) is 8.12. The smallest absolute Gasteiger partial charge is 0.291 e. The molecule has 4 N–H and O–H groups in total. The van der Waals surface area contributed by atoms with Gasteiger partial charge in [0.1, 0.15) is 0 Å². The lowest BCUT2D eigenvalue weighted by molar-refractivity contribution is -0.122. The molecule has 1 aromatic carbocycles. The number of hydrogen-bond donors (Lipinski definition) is 3. The molecule has 24 heavy (non-hydrogen) atoms. The van der Waals surface area contributed by atoms with Crippen molar-refractivity contribution < 1.29 is 14.0 Å². The molecule has 1 aliphatic rings. The number of carbonyl (C=O) groups is 2. The number of carbonyl (C=O) groups excluding carboxylic acids is 2. The molecule has 0 aliphatic heterocycles. The van der Waals surface area contributed by atoms with Gasteiger partial charge in [-0.3, -0.25) is 9.59 Å². The molecular weight excluding hydrogens is 306 g/mol. The molecule has 0 spiro atoms. The van der Waals surface area contributed by atoms with Crippen LogP contribution in [0.3, 0.4) is 0 Å². The quantitative estimate of drug-likeness (QED) is 0.803. The monoisotopic (exact) mass is 327 g/mol. The summed E-state index contributed by atoms with van der Waals surface area (Å²) in [4.78, 5) is 24.3. The predicted octanol–water partition coefficient (Wildman–Crippen LogP) is 3.13. The van der Waals surface area contributed by atoms with E-state index >= 15 is 0 Å². The average molecular weight is 327 g/mol. The molecule has 6 nitrogen and oxygen atoms in total. The molecular formula is C18H21N3O3. The Morgan fingerprint density at radius 3 is 2.17 bits per heavy atom. The molecule has 6 heteroatoms. The summed E-state index contributed by atoms with van der Waals surface area (Å²) in [7, 11) is 0. The van der Waals surface area contributed by atoms with Crippen molar-refractivity contribution in [2.45, 2.75) is 37.6 Å². The third-order valence-electron chi connectivity index (χ3n) is 4.34. The van der Waals surface area contributed by atoms with Gasteiger partial charge in [0.05, 0.1) is 11.8 Å². The second-order valence-corrected chi connectivity index (χ2v) is 6.18. The van der Waals surface area contributed by atoms with Gasteiger partial charge in [-0.05, 0) is 49.2 Å². The van der Waals surface area contributed by atoms with Crippen molar-refractivity contribution in [2.24, 2.45) is 5.73 Å². The van der Waals surface area contributed by atoms with Crippen LogP contribution < -0.4 is 16.4 Å². The zero-order chi connectivity index (χ0) is 17.0. The van der Waals surface area contributed by atoms with Gasteiger partial charge in [0.15, 0.2) is 5.76 Å². The topological polar surface area (TPSA) is 97.4 Å². The van der Waals surface area contributed by atoms with E-state index in [-0.39, 0.29) is 17.6 Å². The highest BCUT2D eigenvalue weighted by atomic mass is 16.3. The summed E-state index contributed by atoms with van der Waals surface area (Å²) >= 11 is 0. The van der Waals surface area contributed by atoms with E-state index in [4.69, 9.17) is 10.2 Å². The minimum Gasteiger partial charge on any atom is -0.459 e. The van der Waals surface area contributed by atoms with Crippen LogP contribution >= 0.6 is 0 Å². The highest BCUT2D eigenvalue weighted by molar-refractivity contribution is 6.02. The summed E-state index contributed by atoms with van der Waals surface area (Å²) in [5, 5.41) is 5.59. The Hall–Kier alpha value is -2.60. The fraction of sp³-hybridized carbons (Fsp3) is 0.333. The van der Waals surface area contributed by atoms with Gasteiger partial charge in [-0.1, -0.05) is 19.3 Å². The lowest BCUT2D eigenvalue weighted by atomic mass is 9.82. The zero-order valence-electron chi connectivity index (χ0n) is 13.4. The van der Waals surface area contributed by atoms with Crippen molar-refractivity contribution in [3.63, 3.8) is 0 Å². The first-order chi connectivity index (χ1) is 11.6. The predicted molar refractivity (Wildman–Crippen MR) is 91.7 cm³/mol. The van der Waals surface area contributed by atoms with Gasteiger partial charge in [0.25, 0.3) is 5.91 Å². The summed E-state index contributed by atoms with van der Waals surface area (Å²) in [5.41, 5.74) is 6.73. The van der Waals surface area contributed by atoms with Gasteiger partial charge in [-0.2, -0.15) is 0 Å². The van der Waals surface area contributed by atoms with Gasteiger partial charge in [-0.15, -0.1) is 0 Å². The number of anilines is 2. The van der Waals surface area contributed by atoms with Gasteiger partial charge >= 0.3 is 0 Å². The Bertz CT molecular complexity index is 702. The maximum atomic E-state index is 12.4. The maximum absolute atomic E-state index is 12.4. The van der Waals surface area contributed by atoms with E-state index in [0.717, 1.165) is 32.1 Å². The molecule has 0 atom stereocenters. The summed E-state index contributed by atoms with van der Waals surface area (Å²) in [6.45, 7) is 0. The standard InChI is InChI=1S/C18H21N3O3/c19-18(10-2-1-3-11-18)17(23)21-14-8-6-13(7-9-14)20-16(22)15-5-4-12-24-15/h4-9,12H,1-3,10-11,19H2,(H,20,22)(H,21,23). The number of nitrogens with one attached hydrogen (secondary N) is 2. The van der Waals surface area contributed by atoms with Crippen LogP contribution in [0.5, 0.6) is 0 Å². The van der Waals surface area contributed by atoms with E-state index < -0.39 is 5.54 Å². The normalized spacial score (nSPS) is 16.4. The van der Waals surface area contributed by atoms with Crippen LogP contribution in [-0.4, -0.2) is 17.4 Å². The highest BCUT2D eigenvalue weighted by Crippen LogP contribution is 2.27. The second-order valence-electron chi connectivity index (χ2n) is 6.18. The van der Waals surface area contributed by atoms with E-state index in [9.17, 15) is 9.59 Å². The lowest BCUT2D eigenvalue weighted by Gasteiger charge is -2.31. The van der Waals surface area contributed by atoms with E-state index in [2.05, 4.69) is 10.6 Å². The molecule has 2 amide bonds. The zero-order valence-corrected chi connectivity index (χ0v) is 13.4. The molecule has 1 saturated carbocycles. The number of furan rings is 1. The van der Waals surface area contributed by atoms with Gasteiger partial charge in [-0.25, -0.2) is 0 Å². The van der Waals surface area contributed by atoms with Crippen LogP contribution in [-0.2, 0) is 4.79 Å². The van der Waals surface area contributed by atoms with Crippen LogP contribution in [0.25, 0.3) is 0 Å². The number of benzene rings is 1. The molecule has 3 rings (SSSR count). The van der Waals surface area contributed by atoms with Crippen LogP contribution in [0.4, 0.5) is 11.4 Å². The SMILES string of the molecule is NC1(C(=O)Nc2ccc(NC(=O)c3ccco3)cc2)CCCCC1. The van der Waals surface area contributed by atoms with Crippen molar-refractivity contribution in [2.75, 3.05) is 10.6 Å². The van der Waals surface area contributed by atoms with Crippen molar-refractivity contribution in [1.29, 1.82) is 0 Å². The Morgan fingerprint density at radius 2 is 1.58 bits per heavy atom. The van der Waals surface area contributed by atoms with Crippen LogP contribution in [0.2, 0.25) is 0 Å². The Kier molecular flexibility index (Phi) is 4.66. The lowest BCUT2D eigenvalue weighted by Crippen LogP contribution is -2.52. The molecule has 1 fully saturated rings. The summed E-state index contributed by atoms with van der Waals surface area (Å²) in [6, 6.07) is 10.2. The maximum Gasteiger partial charge on any atom is 0.291 e. The largest absolute Gasteiger partial charge is 0.459 e. The molecule has 0 radical (unpaired) electrons. The van der Waals surface area contributed by atoms with Gasteiger partial charge < -0.3 is 20.8 Å². The summed E-state index contributed by atoms with van der Waals surface area (Å²) in [6.07, 6.45) is 5.99. The van der Waals surface area contributed by atoms with E-state index in [0.29, 0.717) is 11.4 Å². The van der Waals surface area contributed by atoms with Crippen molar-refractivity contribution >= 4 is 23.2 Å². The molecule has 0 bridgehead atoms. The first kappa shape index (κ1) is 16.3.